The first-order chi connectivity index (χ1) is 4.65. The minimum Gasteiger partial charge on any atom is -0.439 e. The standard InChI is InChI=1S/C6H13.K.HO3S/c1-3-5-6-4-2;;1-4(2)3/h1,3-6H2,2H3;;(H,1,2,3)/q;+1;-1. The maximum atomic E-state index is 8.56. The van der Waals surface area contributed by atoms with Crippen LogP contribution in [0.2, 0.25) is 0 Å². The fourth-order valence-electron chi connectivity index (χ4n) is 0.427. The second-order valence-corrected chi connectivity index (χ2v) is 2.21. The van der Waals surface area contributed by atoms with E-state index in [0.717, 1.165) is 6.42 Å². The van der Waals surface area contributed by atoms with Gasteiger partial charge in [0, 0.05) is 11.0 Å². The van der Waals surface area contributed by atoms with Crippen LogP contribution in [0.5, 0.6) is 0 Å². The van der Waals surface area contributed by atoms with E-state index in [0.29, 0.717) is 0 Å². The summed E-state index contributed by atoms with van der Waals surface area (Å²) in [6, 6.07) is 0. The number of rotatable bonds is 3. The summed E-state index contributed by atoms with van der Waals surface area (Å²) in [5.41, 5.74) is 0. The minimum absolute atomic E-state index is 0. The molecule has 0 spiro atoms. The molecule has 0 bridgehead atoms. The smallest absolute Gasteiger partial charge is 0.439 e. The summed E-state index contributed by atoms with van der Waals surface area (Å²) >= 11 is 0. The maximum absolute atomic E-state index is 8.56. The van der Waals surface area contributed by atoms with Crippen LogP contribution in [0.25, 0.3) is 0 Å². The summed E-state index contributed by atoms with van der Waals surface area (Å²) in [5, 5.41) is 0. The summed E-state index contributed by atoms with van der Waals surface area (Å²) in [4.78, 5) is 0. The first-order valence-electron chi connectivity index (χ1n) is 3.22. The zero-order valence-corrected chi connectivity index (χ0v) is 11.1. The summed E-state index contributed by atoms with van der Waals surface area (Å²) in [5.74, 6) is 0. The molecule has 0 atom stereocenters. The largest absolute Gasteiger partial charge is 1.00 e. The number of unbranched alkanes of at least 4 members (excludes halogenated alkanes) is 3. The van der Waals surface area contributed by atoms with Gasteiger partial charge < -0.3 is 13.0 Å². The Kier molecular flexibility index (Phi) is 29.3. The van der Waals surface area contributed by atoms with E-state index in [2.05, 4.69) is 13.8 Å². The Hall–Kier alpha value is 1.55. The van der Waals surface area contributed by atoms with E-state index in [1.165, 1.54) is 19.3 Å². The van der Waals surface area contributed by atoms with Gasteiger partial charge in [0.1, 0.15) is 0 Å². The van der Waals surface area contributed by atoms with Crippen LogP contribution in [0, 0.1) is 6.92 Å². The first-order valence-corrected chi connectivity index (χ1v) is 4.25. The van der Waals surface area contributed by atoms with E-state index >= 15 is 0 Å². The maximum Gasteiger partial charge on any atom is 1.00 e. The molecule has 0 rings (SSSR count). The molecule has 0 aliphatic rings. The van der Waals surface area contributed by atoms with Gasteiger partial charge in [-0.15, -0.1) is 0 Å². The fraction of sp³-hybridized carbons (Fsp3) is 0.833. The Morgan fingerprint density at radius 1 is 1.36 bits per heavy atom. The Bertz CT molecular complexity index is 102. The minimum atomic E-state index is -2.86. The van der Waals surface area contributed by atoms with Crippen molar-refractivity contribution < 1.29 is 64.4 Å². The SMILES string of the molecule is O=[S-](=O)O.[CH2]CCCCC.[K+]. The normalized spacial score (nSPS) is 8.00. The number of hydrogen-bond acceptors (Lipinski definition) is 3. The molecule has 0 heterocycles. The van der Waals surface area contributed by atoms with Crippen molar-refractivity contribution in [2.45, 2.75) is 32.6 Å². The quantitative estimate of drug-likeness (QED) is 0.215. The van der Waals surface area contributed by atoms with Crippen molar-refractivity contribution in [3.05, 3.63) is 6.92 Å². The molecule has 0 amide bonds. The van der Waals surface area contributed by atoms with Gasteiger partial charge in [-0.1, -0.05) is 39.5 Å². The third-order valence-corrected chi connectivity index (χ3v) is 0.854. The zero-order chi connectivity index (χ0) is 8.41. The molecule has 1 radical (unpaired) electrons. The number of hydrogen-bond donors (Lipinski definition) is 1. The van der Waals surface area contributed by atoms with E-state index in [1.807, 2.05) is 0 Å². The molecule has 0 aliphatic carbocycles. The molecule has 3 nitrogen and oxygen atoms in total. The third kappa shape index (κ3) is 50.9. The van der Waals surface area contributed by atoms with Gasteiger partial charge in [0.25, 0.3) is 0 Å². The molecule has 1 N–H and O–H groups in total. The van der Waals surface area contributed by atoms with Crippen molar-refractivity contribution in [2.24, 2.45) is 0 Å². The average molecular weight is 205 g/mol. The molecule has 0 fully saturated rings. The Morgan fingerprint density at radius 2 is 1.73 bits per heavy atom. The Morgan fingerprint density at radius 3 is 1.82 bits per heavy atom. The van der Waals surface area contributed by atoms with Gasteiger partial charge in [0.2, 0.25) is 0 Å². The van der Waals surface area contributed by atoms with Crippen LogP contribution in [0.1, 0.15) is 32.6 Å². The third-order valence-electron chi connectivity index (χ3n) is 0.854. The van der Waals surface area contributed by atoms with Crippen molar-refractivity contribution >= 4 is 11.0 Å². The van der Waals surface area contributed by atoms with Crippen LogP contribution in [0.4, 0.5) is 0 Å². The molecule has 0 saturated heterocycles. The van der Waals surface area contributed by atoms with Crippen molar-refractivity contribution in [2.75, 3.05) is 0 Å². The molecule has 0 aromatic heterocycles. The van der Waals surface area contributed by atoms with Crippen LogP contribution >= 0.6 is 0 Å². The van der Waals surface area contributed by atoms with Crippen molar-refractivity contribution in [3.8, 4) is 0 Å². The molecular formula is C6H14KO3S. The molecular weight excluding hydrogens is 191 g/mol. The van der Waals surface area contributed by atoms with Gasteiger partial charge in [-0.05, 0) is 0 Å². The van der Waals surface area contributed by atoms with Crippen molar-refractivity contribution in [1.82, 2.24) is 0 Å². The summed E-state index contributed by atoms with van der Waals surface area (Å²) in [7, 11) is -2.86. The average Bonchev–Trinajstić information content (AvgIpc) is 1.82. The summed E-state index contributed by atoms with van der Waals surface area (Å²) in [6.45, 7) is 5.93. The first kappa shape index (κ1) is 18.4. The second kappa shape index (κ2) is 17.6. The topological polar surface area (TPSA) is 54.4 Å². The van der Waals surface area contributed by atoms with Crippen molar-refractivity contribution in [3.63, 3.8) is 0 Å². The van der Waals surface area contributed by atoms with E-state index in [-0.39, 0.29) is 51.4 Å². The summed E-state index contributed by atoms with van der Waals surface area (Å²) in [6.07, 6.45) is 5.07. The molecule has 5 heteroatoms. The van der Waals surface area contributed by atoms with Gasteiger partial charge in [-0.25, -0.2) is 0 Å². The van der Waals surface area contributed by atoms with Crippen LogP contribution in [-0.4, -0.2) is 4.55 Å². The van der Waals surface area contributed by atoms with Crippen LogP contribution in [0.15, 0.2) is 0 Å². The molecule has 0 aromatic carbocycles. The second-order valence-electron chi connectivity index (χ2n) is 1.78. The Balaban J connectivity index is -0.000000114. The van der Waals surface area contributed by atoms with Crippen molar-refractivity contribution in [1.29, 1.82) is 0 Å². The Labute approximate surface area is 113 Å². The molecule has 63 valence electrons. The van der Waals surface area contributed by atoms with Crippen LogP contribution in [-0.2, 0) is 19.4 Å². The van der Waals surface area contributed by atoms with Gasteiger partial charge in [0.15, 0.2) is 0 Å². The van der Waals surface area contributed by atoms with E-state index < -0.39 is 11.0 Å². The fourth-order valence-corrected chi connectivity index (χ4v) is 0.427. The molecule has 0 saturated carbocycles. The monoisotopic (exact) mass is 205 g/mol. The van der Waals surface area contributed by atoms with Crippen LogP contribution in [0.3, 0.4) is 0 Å². The van der Waals surface area contributed by atoms with Crippen LogP contribution < -0.4 is 51.4 Å². The van der Waals surface area contributed by atoms with Gasteiger partial charge in [-0.2, -0.15) is 0 Å². The van der Waals surface area contributed by atoms with Gasteiger partial charge in [-0.3, -0.25) is 0 Å². The van der Waals surface area contributed by atoms with E-state index in [4.69, 9.17) is 13.0 Å². The molecule has 0 aromatic rings. The van der Waals surface area contributed by atoms with E-state index in [1.54, 1.807) is 0 Å². The summed E-state index contributed by atoms with van der Waals surface area (Å²) < 4.78 is 24.1. The zero-order valence-electron chi connectivity index (χ0n) is 7.21. The predicted molar refractivity (Wildman–Crippen MR) is 40.9 cm³/mol. The van der Waals surface area contributed by atoms with Gasteiger partial charge >= 0.3 is 51.4 Å². The predicted octanol–water partition coefficient (Wildman–Crippen LogP) is -0.827. The molecule has 0 unspecified atom stereocenters. The molecule has 11 heavy (non-hydrogen) atoms. The van der Waals surface area contributed by atoms with Gasteiger partial charge in [0.05, 0.1) is 0 Å². The van der Waals surface area contributed by atoms with E-state index in [9.17, 15) is 0 Å². The molecule has 0 aliphatic heterocycles.